The van der Waals surface area contributed by atoms with E-state index in [2.05, 4.69) is 97.1 Å². The molecule has 0 aliphatic heterocycles. The lowest BCUT2D eigenvalue weighted by molar-refractivity contribution is -0.133. The monoisotopic (exact) mass is 1540 g/mol. The number of ketones is 4. The van der Waals surface area contributed by atoms with Crippen molar-refractivity contribution >= 4 is 93.8 Å². The van der Waals surface area contributed by atoms with Gasteiger partial charge in [0.2, 0.25) is 23.6 Å². The summed E-state index contributed by atoms with van der Waals surface area (Å²) in [6, 6.07) is -0.475. The van der Waals surface area contributed by atoms with Gasteiger partial charge < -0.3 is 81.2 Å². The van der Waals surface area contributed by atoms with E-state index >= 15 is 0 Å². The molecule has 0 fully saturated rings. The summed E-state index contributed by atoms with van der Waals surface area (Å²) < 4.78 is 0. The number of rotatable bonds is 72. The summed E-state index contributed by atoms with van der Waals surface area (Å²) in [4.78, 5) is 124. The molecule has 0 bridgehead atoms. The highest BCUT2D eigenvalue weighted by atomic mass is 32.2. The van der Waals surface area contributed by atoms with Crippen molar-refractivity contribution in [2.75, 3.05) is 151 Å². The van der Waals surface area contributed by atoms with Crippen molar-refractivity contribution < 1.29 is 38.4 Å². The van der Waals surface area contributed by atoms with Crippen LogP contribution in [0.1, 0.15) is 188 Å². The molecule has 0 aliphatic rings. The number of nitrogens with one attached hydrogen (secondary N) is 10. The first kappa shape index (κ1) is 98.0. The molecule has 2 aromatic heterocycles. The molecule has 2 aromatic rings. The summed E-state index contributed by atoms with van der Waals surface area (Å²) in [6.07, 6.45) is 22.3. The average Bonchev–Trinajstić information content (AvgIpc) is 1.84. The van der Waals surface area contributed by atoms with Gasteiger partial charge in [0.05, 0.1) is 5.92 Å². The summed E-state index contributed by atoms with van der Waals surface area (Å²) in [6.45, 7) is 19.5. The maximum atomic E-state index is 14.1. The molecule has 0 aromatic carbocycles. The molecule has 0 aliphatic carbocycles. The highest BCUT2D eigenvalue weighted by Gasteiger charge is 2.36. The maximum Gasteiger partial charge on any atom is 0.225 e. The molecule has 4 amide bonds. The van der Waals surface area contributed by atoms with Gasteiger partial charge in [-0.3, -0.25) is 38.4 Å². The SMILES string of the molecule is CCCCCSCCC(C)C(CC(=O)CC(CCSCCCCC)C(CC(=O)NCCNCCN)C(=O)CCCc1ncc[nH]1)C(=O)NCCNCCN.CCCSCCC(N)C(CC(=O)CC(CCSCCC)C(CC(=O)NCCNCCN)C(=O)CCCc1ncc[nH]1)C(=O)NCCNCCN. The highest BCUT2D eigenvalue weighted by Crippen LogP contribution is 2.33. The molecule has 0 saturated carbocycles. The lowest BCUT2D eigenvalue weighted by atomic mass is 9.77. The maximum absolute atomic E-state index is 14.1. The van der Waals surface area contributed by atoms with Crippen LogP contribution in [0.4, 0.5) is 0 Å². The van der Waals surface area contributed by atoms with Gasteiger partial charge >= 0.3 is 0 Å². The van der Waals surface area contributed by atoms with Gasteiger partial charge in [0.25, 0.3) is 0 Å². The number of imidazole rings is 2. The van der Waals surface area contributed by atoms with Crippen LogP contribution in [-0.4, -0.2) is 223 Å². The van der Waals surface area contributed by atoms with Gasteiger partial charge in [0.15, 0.2) is 0 Å². The Hall–Kier alpha value is -3.98. The molecule has 25 nitrogen and oxygen atoms in total. The topological polar surface area (TPSA) is 420 Å². The smallest absolute Gasteiger partial charge is 0.225 e. The van der Waals surface area contributed by atoms with Gasteiger partial charge in [0.1, 0.15) is 34.8 Å². The second kappa shape index (κ2) is 68.3. The van der Waals surface area contributed by atoms with Gasteiger partial charge in [-0.15, -0.1) is 0 Å². The third-order valence-corrected chi connectivity index (χ3v) is 22.8. The first-order valence-electron chi connectivity index (χ1n) is 39.4. The number of amides is 4. The third kappa shape index (κ3) is 51.4. The number of unbranched alkanes of at least 4 members (excludes halogenated alkanes) is 4. The normalized spacial score (nSPS) is 13.7. The van der Waals surface area contributed by atoms with Crippen molar-refractivity contribution in [3.8, 4) is 0 Å². The fourth-order valence-corrected chi connectivity index (χ4v) is 16.2. The van der Waals surface area contributed by atoms with Crippen molar-refractivity contribution in [3.05, 3.63) is 36.4 Å². The molecule has 2 rings (SSSR count). The van der Waals surface area contributed by atoms with Crippen molar-refractivity contribution in [1.29, 1.82) is 0 Å². The Morgan fingerprint density at radius 2 is 0.779 bits per heavy atom. The van der Waals surface area contributed by atoms with E-state index in [4.69, 9.17) is 28.7 Å². The number of carbonyl (C=O) groups is 8. The zero-order chi connectivity index (χ0) is 76.5. The molecule has 29 heteroatoms. The molecule has 20 N–H and O–H groups in total. The number of hydrogen-bond acceptors (Lipinski definition) is 23. The number of aromatic nitrogens is 4. The molecule has 8 unspecified atom stereocenters. The van der Waals surface area contributed by atoms with Crippen LogP contribution >= 0.6 is 47.0 Å². The number of H-pyrrole nitrogens is 2. The Morgan fingerprint density at radius 3 is 1.16 bits per heavy atom. The van der Waals surface area contributed by atoms with E-state index in [9.17, 15) is 38.4 Å². The minimum Gasteiger partial charge on any atom is -0.355 e. The Balaban J connectivity index is 0.00000104. The second-order valence-corrected chi connectivity index (χ2v) is 32.0. The van der Waals surface area contributed by atoms with E-state index in [1.165, 1.54) is 25.7 Å². The predicted octanol–water partition coefficient (Wildman–Crippen LogP) is 6.09. The van der Waals surface area contributed by atoms with Crippen LogP contribution in [0.5, 0.6) is 0 Å². The first-order chi connectivity index (χ1) is 50.5. The van der Waals surface area contributed by atoms with Gasteiger partial charge in [0, 0.05) is 218 Å². The summed E-state index contributed by atoms with van der Waals surface area (Å²) in [5.74, 6) is 5.33. The molecule has 0 spiro atoms. The van der Waals surface area contributed by atoms with Crippen molar-refractivity contribution in [2.24, 2.45) is 70.1 Å². The summed E-state index contributed by atoms with van der Waals surface area (Å²) >= 11 is 7.36. The number of Topliss-reactive ketones (excluding diaryl/α,β-unsaturated/α-hetero) is 4. The molecule has 2 heterocycles. The first-order valence-corrected chi connectivity index (χ1v) is 44.0. The van der Waals surface area contributed by atoms with E-state index in [1.54, 1.807) is 48.3 Å². The van der Waals surface area contributed by atoms with Crippen LogP contribution in [0.3, 0.4) is 0 Å². The summed E-state index contributed by atoms with van der Waals surface area (Å²) in [5.41, 5.74) is 28.9. The van der Waals surface area contributed by atoms with E-state index in [-0.39, 0.29) is 109 Å². The van der Waals surface area contributed by atoms with E-state index in [0.29, 0.717) is 156 Å². The minimum absolute atomic E-state index is 0.00130. The number of aromatic amines is 2. The quantitative estimate of drug-likeness (QED) is 0.0333. The van der Waals surface area contributed by atoms with Crippen LogP contribution in [0.15, 0.2) is 24.8 Å². The molecule has 104 heavy (non-hydrogen) atoms. The number of thioether (sulfide) groups is 4. The lowest BCUT2D eigenvalue weighted by Gasteiger charge is -2.28. The van der Waals surface area contributed by atoms with E-state index in [0.717, 1.165) is 89.8 Å². The van der Waals surface area contributed by atoms with Crippen LogP contribution < -0.4 is 71.2 Å². The molecular formula is C75H143N17O8S4. The summed E-state index contributed by atoms with van der Waals surface area (Å²) in [5, 5.41) is 24.6. The zero-order valence-electron chi connectivity index (χ0n) is 64.5. The Bertz CT molecular complexity index is 2460. The lowest BCUT2D eigenvalue weighted by Crippen LogP contribution is -2.45. The van der Waals surface area contributed by atoms with Crippen LogP contribution in [0.25, 0.3) is 0 Å². The van der Waals surface area contributed by atoms with Gasteiger partial charge in [-0.05, 0) is 128 Å². The van der Waals surface area contributed by atoms with E-state index < -0.39 is 29.7 Å². The van der Waals surface area contributed by atoms with Crippen LogP contribution in [-0.2, 0) is 51.2 Å². The second-order valence-electron chi connectivity index (χ2n) is 27.1. The molecule has 600 valence electrons. The number of nitrogens with two attached hydrogens (primary N) is 5. The Morgan fingerprint density at radius 1 is 0.404 bits per heavy atom. The number of carbonyl (C=O) groups excluding carboxylic acids is 8. The molecular weight excluding hydrogens is 1400 g/mol. The minimum atomic E-state index is -0.680. The highest BCUT2D eigenvalue weighted by molar-refractivity contribution is 7.99. The Labute approximate surface area is 642 Å². The number of nitrogens with zero attached hydrogens (tertiary/aromatic N) is 2. The third-order valence-electron chi connectivity index (χ3n) is 18.1. The molecule has 0 radical (unpaired) electrons. The predicted molar refractivity (Wildman–Crippen MR) is 436 cm³/mol. The fraction of sp³-hybridized carbons (Fsp3) is 0.813. The van der Waals surface area contributed by atoms with Gasteiger partial charge in [-0.2, -0.15) is 47.0 Å². The largest absolute Gasteiger partial charge is 0.355 e. The van der Waals surface area contributed by atoms with Crippen molar-refractivity contribution in [2.45, 2.75) is 195 Å². The van der Waals surface area contributed by atoms with E-state index in [1.807, 2.05) is 23.5 Å². The van der Waals surface area contributed by atoms with Gasteiger partial charge in [-0.1, -0.05) is 60.3 Å². The zero-order valence-corrected chi connectivity index (χ0v) is 67.8. The summed E-state index contributed by atoms with van der Waals surface area (Å²) in [7, 11) is 0. The molecule has 8 atom stereocenters. The fourth-order valence-electron chi connectivity index (χ4n) is 12.1. The Kier molecular flexibility index (Phi) is 64.4. The number of aryl methyl sites for hydroxylation is 2. The average molecular weight is 1540 g/mol. The van der Waals surface area contributed by atoms with Crippen molar-refractivity contribution in [1.82, 2.24) is 62.5 Å². The van der Waals surface area contributed by atoms with Gasteiger partial charge in [-0.25, -0.2) is 9.97 Å². The van der Waals surface area contributed by atoms with Crippen LogP contribution in [0.2, 0.25) is 0 Å². The standard InChI is InChI=1S/C40H76N8O4S2.C35H67N9O4S2/c1-4-6-8-25-53-27-13-32(3)35(40(52)48-22-20-44-18-16-42)30-34(49)29-33(14-28-54-26-9-7-5-2)36(31-39(51)47-21-19-43-17-15-41)37(50)11-10-12-38-45-23-24-46-38;1-3-20-49-22-8-27(24-28(45)25-30(31(38)9-23-50-21-4-2)35(48)44-17-15-40-13-11-37)29(26-34(47)43-16-14-39-12-10-36)32(46)6-5-7-33-41-18-19-42-33/h23-24,32-33,35-36,43-44H,4-22,25-31,41-42H2,1-3H3,(H,45,46)(H,47,51)(H,48,52);18-19,27,29-31,39-40H,3-17,20-26,36-38H2,1-2H3,(H,41,42)(H,43,47)(H,44,48). The van der Waals surface area contributed by atoms with Crippen LogP contribution in [0, 0.1) is 41.4 Å². The number of hydrogen-bond donors (Lipinski definition) is 15. The van der Waals surface area contributed by atoms with Crippen molar-refractivity contribution in [3.63, 3.8) is 0 Å². The molecule has 0 saturated heterocycles.